The van der Waals surface area contributed by atoms with E-state index in [0.29, 0.717) is 18.7 Å². The van der Waals surface area contributed by atoms with Gasteiger partial charge in [-0.2, -0.15) is 0 Å². The molecular weight excluding hydrogens is 382 g/mol. The van der Waals surface area contributed by atoms with Gasteiger partial charge in [-0.25, -0.2) is 4.79 Å². The molecule has 156 valence electrons. The predicted molar refractivity (Wildman–Crippen MR) is 114 cm³/mol. The van der Waals surface area contributed by atoms with Crippen LogP contribution in [-0.4, -0.2) is 62.7 Å². The molecule has 0 spiro atoms. The van der Waals surface area contributed by atoms with Gasteiger partial charge in [-0.05, 0) is 17.7 Å². The van der Waals surface area contributed by atoms with Crippen molar-refractivity contribution in [3.63, 3.8) is 0 Å². The molecule has 1 aliphatic rings. The largest absolute Gasteiger partial charge is 0.480 e. The van der Waals surface area contributed by atoms with E-state index in [4.69, 9.17) is 0 Å². The van der Waals surface area contributed by atoms with Crippen molar-refractivity contribution in [3.05, 3.63) is 71.4 Å². The Kier molecular flexibility index (Phi) is 5.57. The highest BCUT2D eigenvalue weighted by Crippen LogP contribution is 2.31. The molecule has 0 bridgehead atoms. The van der Waals surface area contributed by atoms with Gasteiger partial charge in [0.15, 0.2) is 0 Å². The Morgan fingerprint density at radius 1 is 1.00 bits per heavy atom. The third-order valence-electron chi connectivity index (χ3n) is 5.82. The van der Waals surface area contributed by atoms with E-state index in [-0.39, 0.29) is 5.56 Å². The molecule has 7 heteroatoms. The number of aryl methyl sites for hydroxylation is 1. The van der Waals surface area contributed by atoms with Crippen molar-refractivity contribution in [1.29, 1.82) is 0 Å². The predicted octanol–water partition coefficient (Wildman–Crippen LogP) is 2.82. The van der Waals surface area contributed by atoms with Crippen molar-refractivity contribution in [2.24, 2.45) is 7.05 Å². The SMILES string of the molecule is Cn1cc([C@H](C(=O)O)N2CCN(Cc3ccccc3)CC2)c2ccc(C(=O)O)cc21. The number of nitrogens with zero attached hydrogens (tertiary/aromatic N) is 3. The van der Waals surface area contributed by atoms with Crippen LogP contribution < -0.4 is 0 Å². The molecule has 3 aromatic rings. The molecule has 4 rings (SSSR count). The van der Waals surface area contributed by atoms with Gasteiger partial charge in [-0.3, -0.25) is 14.6 Å². The summed E-state index contributed by atoms with van der Waals surface area (Å²) >= 11 is 0. The molecule has 0 saturated carbocycles. The first kappa shape index (κ1) is 20.1. The molecule has 1 saturated heterocycles. The van der Waals surface area contributed by atoms with Gasteiger partial charge in [0.2, 0.25) is 0 Å². The van der Waals surface area contributed by atoms with Gasteiger partial charge in [0.25, 0.3) is 0 Å². The summed E-state index contributed by atoms with van der Waals surface area (Å²) in [6.07, 6.45) is 1.81. The molecule has 2 aromatic carbocycles. The molecule has 0 radical (unpaired) electrons. The maximum Gasteiger partial charge on any atom is 0.335 e. The van der Waals surface area contributed by atoms with Crippen molar-refractivity contribution in [3.8, 4) is 0 Å². The van der Waals surface area contributed by atoms with E-state index in [9.17, 15) is 19.8 Å². The highest BCUT2D eigenvalue weighted by Gasteiger charge is 2.32. The highest BCUT2D eigenvalue weighted by molar-refractivity contribution is 5.96. The average Bonchev–Trinajstić information content (AvgIpc) is 3.05. The van der Waals surface area contributed by atoms with Crippen LogP contribution in [0.5, 0.6) is 0 Å². The topological polar surface area (TPSA) is 86.0 Å². The van der Waals surface area contributed by atoms with Crippen LogP contribution in [0.4, 0.5) is 0 Å². The Hall–Kier alpha value is -3.16. The smallest absolute Gasteiger partial charge is 0.335 e. The van der Waals surface area contributed by atoms with Crippen molar-refractivity contribution in [1.82, 2.24) is 14.4 Å². The molecule has 1 aliphatic heterocycles. The molecule has 1 fully saturated rings. The summed E-state index contributed by atoms with van der Waals surface area (Å²) in [6, 6.07) is 14.4. The second-order valence-corrected chi connectivity index (χ2v) is 7.77. The molecule has 0 aliphatic carbocycles. The van der Waals surface area contributed by atoms with E-state index >= 15 is 0 Å². The number of fused-ring (bicyclic) bond motifs is 1. The fourth-order valence-electron chi connectivity index (χ4n) is 4.27. The lowest BCUT2D eigenvalue weighted by Gasteiger charge is -2.37. The fourth-order valence-corrected chi connectivity index (χ4v) is 4.27. The van der Waals surface area contributed by atoms with E-state index in [2.05, 4.69) is 17.0 Å². The highest BCUT2D eigenvalue weighted by atomic mass is 16.4. The Morgan fingerprint density at radius 2 is 1.70 bits per heavy atom. The lowest BCUT2D eigenvalue weighted by molar-refractivity contribution is -0.144. The van der Waals surface area contributed by atoms with Crippen LogP contribution in [0.2, 0.25) is 0 Å². The summed E-state index contributed by atoms with van der Waals surface area (Å²) in [4.78, 5) is 27.9. The first-order valence-corrected chi connectivity index (χ1v) is 9.99. The van der Waals surface area contributed by atoms with Gasteiger partial charge in [0.05, 0.1) is 5.56 Å². The standard InChI is InChI=1S/C23H25N3O4/c1-24-15-19(18-8-7-17(22(27)28)13-20(18)24)21(23(29)30)26-11-9-25(10-12-26)14-16-5-3-2-4-6-16/h2-8,13,15,21H,9-12,14H2,1H3,(H,27,28)(H,29,30)/t21-/m1/s1. The Bertz CT molecular complexity index is 1070. The van der Waals surface area contributed by atoms with Crippen molar-refractivity contribution < 1.29 is 19.8 Å². The number of rotatable bonds is 6. The Morgan fingerprint density at radius 3 is 2.33 bits per heavy atom. The third-order valence-corrected chi connectivity index (χ3v) is 5.82. The first-order chi connectivity index (χ1) is 14.4. The maximum absolute atomic E-state index is 12.2. The normalized spacial score (nSPS) is 16.6. The van der Waals surface area contributed by atoms with Gasteiger partial charge in [-0.1, -0.05) is 36.4 Å². The molecule has 7 nitrogen and oxygen atoms in total. The number of carbonyl (C=O) groups is 2. The lowest BCUT2D eigenvalue weighted by atomic mass is 10.0. The van der Waals surface area contributed by atoms with Crippen molar-refractivity contribution in [2.45, 2.75) is 12.6 Å². The molecule has 2 heterocycles. The molecule has 30 heavy (non-hydrogen) atoms. The lowest BCUT2D eigenvalue weighted by Crippen LogP contribution is -2.48. The van der Waals surface area contributed by atoms with Gasteiger partial charge in [0.1, 0.15) is 6.04 Å². The number of benzene rings is 2. The second kappa shape index (κ2) is 8.30. The quantitative estimate of drug-likeness (QED) is 0.654. The van der Waals surface area contributed by atoms with Crippen LogP contribution in [0.3, 0.4) is 0 Å². The fraction of sp³-hybridized carbons (Fsp3) is 0.304. The molecule has 0 amide bonds. The zero-order valence-electron chi connectivity index (χ0n) is 16.9. The minimum atomic E-state index is -0.996. The summed E-state index contributed by atoms with van der Waals surface area (Å²) < 4.78 is 1.80. The zero-order valence-corrected chi connectivity index (χ0v) is 16.9. The number of piperazine rings is 1. The van der Waals surface area contributed by atoms with E-state index in [1.165, 1.54) is 11.6 Å². The number of carboxylic acids is 2. The first-order valence-electron chi connectivity index (χ1n) is 9.99. The number of hydrogen-bond acceptors (Lipinski definition) is 4. The number of aromatic nitrogens is 1. The minimum Gasteiger partial charge on any atom is -0.480 e. The second-order valence-electron chi connectivity index (χ2n) is 7.77. The number of aromatic carboxylic acids is 1. The molecular formula is C23H25N3O4. The van der Waals surface area contributed by atoms with E-state index in [1.807, 2.05) is 36.3 Å². The van der Waals surface area contributed by atoms with Gasteiger partial charge in [-0.15, -0.1) is 0 Å². The van der Waals surface area contributed by atoms with Gasteiger partial charge < -0.3 is 14.8 Å². The summed E-state index contributed by atoms with van der Waals surface area (Å²) in [5.41, 5.74) is 2.87. The summed E-state index contributed by atoms with van der Waals surface area (Å²) in [5.74, 6) is -1.88. The van der Waals surface area contributed by atoms with E-state index in [1.54, 1.807) is 16.7 Å². The van der Waals surface area contributed by atoms with Crippen LogP contribution in [0.15, 0.2) is 54.7 Å². The maximum atomic E-state index is 12.2. The van der Waals surface area contributed by atoms with Crippen molar-refractivity contribution in [2.75, 3.05) is 26.2 Å². The third kappa shape index (κ3) is 3.94. The Labute approximate surface area is 174 Å². The van der Waals surface area contributed by atoms with Crippen LogP contribution in [0, 0.1) is 0 Å². The number of hydrogen-bond donors (Lipinski definition) is 2. The molecule has 2 N–H and O–H groups in total. The number of aliphatic carboxylic acids is 1. The van der Waals surface area contributed by atoms with Gasteiger partial charge in [0, 0.05) is 62.4 Å². The zero-order chi connectivity index (χ0) is 21.3. The van der Waals surface area contributed by atoms with E-state index < -0.39 is 18.0 Å². The van der Waals surface area contributed by atoms with E-state index in [0.717, 1.165) is 30.5 Å². The minimum absolute atomic E-state index is 0.191. The number of carboxylic acid groups (broad SMARTS) is 2. The average molecular weight is 407 g/mol. The van der Waals surface area contributed by atoms with Crippen molar-refractivity contribution >= 4 is 22.8 Å². The van der Waals surface area contributed by atoms with Crippen LogP contribution >= 0.6 is 0 Å². The van der Waals surface area contributed by atoms with Crippen LogP contribution in [0.25, 0.3) is 10.9 Å². The molecule has 0 unspecified atom stereocenters. The van der Waals surface area contributed by atoms with Crippen LogP contribution in [0.1, 0.15) is 27.5 Å². The van der Waals surface area contributed by atoms with Gasteiger partial charge >= 0.3 is 11.9 Å². The monoisotopic (exact) mass is 407 g/mol. The molecule has 1 atom stereocenters. The molecule has 1 aromatic heterocycles. The Balaban J connectivity index is 1.55. The summed E-state index contributed by atoms with van der Waals surface area (Å²) in [5, 5.41) is 20.1. The summed E-state index contributed by atoms with van der Waals surface area (Å²) in [6.45, 7) is 3.78. The van der Waals surface area contributed by atoms with Crippen LogP contribution in [-0.2, 0) is 18.4 Å². The summed E-state index contributed by atoms with van der Waals surface area (Å²) in [7, 11) is 1.81.